The summed E-state index contributed by atoms with van der Waals surface area (Å²) in [6.45, 7) is 1.57. The van der Waals surface area contributed by atoms with Gasteiger partial charge in [-0.1, -0.05) is 23.9 Å². The molecule has 3 aromatic rings. The molecule has 0 aliphatic carbocycles. The predicted octanol–water partition coefficient (Wildman–Crippen LogP) is 0.954. The van der Waals surface area contributed by atoms with Crippen molar-refractivity contribution in [1.29, 1.82) is 0 Å². The van der Waals surface area contributed by atoms with Crippen molar-refractivity contribution in [3.63, 3.8) is 0 Å². The summed E-state index contributed by atoms with van der Waals surface area (Å²) in [7, 11) is 2.65. The van der Waals surface area contributed by atoms with Gasteiger partial charge in [-0.15, -0.1) is 5.10 Å². The molecule has 0 amide bonds. The number of nitrogens with one attached hydrogen (secondary N) is 1. The van der Waals surface area contributed by atoms with E-state index in [1.54, 1.807) is 25.1 Å². The zero-order valence-corrected chi connectivity index (χ0v) is 16.1. The summed E-state index contributed by atoms with van der Waals surface area (Å²) in [5.74, 6) is -0.998. The Balaban J connectivity index is 1.88. The summed E-state index contributed by atoms with van der Waals surface area (Å²) in [6, 6.07) is 6.07. The molecule has 0 aliphatic rings. The molecule has 2 aromatic heterocycles. The van der Waals surface area contributed by atoms with E-state index in [4.69, 9.17) is 5.73 Å². The molecular weight excluding hydrogens is 387 g/mol. The number of carbonyl (C=O) groups is 1. The number of ketones is 1. The Hall–Kier alpha value is -3.21. The van der Waals surface area contributed by atoms with Crippen LogP contribution >= 0.6 is 11.8 Å². The number of aromatic amines is 1. The summed E-state index contributed by atoms with van der Waals surface area (Å²) in [5.41, 5.74) is 4.41. The van der Waals surface area contributed by atoms with Gasteiger partial charge in [-0.25, -0.2) is 14.2 Å². The van der Waals surface area contributed by atoms with E-state index in [1.165, 1.54) is 20.2 Å². The summed E-state index contributed by atoms with van der Waals surface area (Å²) in [4.78, 5) is 41.2. The number of Topliss-reactive ketones (excluding diaryl/α,β-unsaturated/α-hetero) is 1. The normalized spacial score (nSPS) is 12.1. The molecule has 0 aliphatic heterocycles. The van der Waals surface area contributed by atoms with E-state index in [0.717, 1.165) is 20.9 Å². The van der Waals surface area contributed by atoms with Crippen LogP contribution in [0.3, 0.4) is 0 Å². The third kappa shape index (κ3) is 3.36. The zero-order valence-electron chi connectivity index (χ0n) is 15.3. The van der Waals surface area contributed by atoms with Crippen LogP contribution in [0.15, 0.2) is 39.0 Å². The lowest BCUT2D eigenvalue weighted by Crippen LogP contribution is -2.42. The number of H-pyrrole nitrogens is 1. The lowest BCUT2D eigenvalue weighted by Gasteiger charge is -2.13. The van der Waals surface area contributed by atoms with Crippen LogP contribution in [0.2, 0.25) is 0 Å². The highest BCUT2D eigenvalue weighted by Gasteiger charge is 2.26. The maximum absolute atomic E-state index is 13.9. The Kier molecular flexibility index (Phi) is 5.18. The van der Waals surface area contributed by atoms with Crippen molar-refractivity contribution >= 4 is 23.4 Å². The van der Waals surface area contributed by atoms with Crippen LogP contribution in [0.25, 0.3) is 11.4 Å². The highest BCUT2D eigenvalue weighted by molar-refractivity contribution is 8.00. The number of carbonyl (C=O) groups excluding carboxylic acids is 1. The average Bonchev–Trinajstić information content (AvgIpc) is 3.13. The molecule has 0 unspecified atom stereocenters. The SMILES string of the molecule is C[C@@H](Sc1n[nH]c(-c2ccccc2F)n1)C(=O)c1c(N)n(C)c(=O)n(C)c1=O. The topological polar surface area (TPSA) is 129 Å². The molecule has 1 aromatic carbocycles. The summed E-state index contributed by atoms with van der Waals surface area (Å²) in [6.07, 6.45) is 0. The average molecular weight is 404 g/mol. The van der Waals surface area contributed by atoms with E-state index in [0.29, 0.717) is 0 Å². The third-order valence-electron chi connectivity index (χ3n) is 4.20. The van der Waals surface area contributed by atoms with Gasteiger partial charge in [-0.2, -0.15) is 0 Å². The predicted molar refractivity (Wildman–Crippen MR) is 103 cm³/mol. The largest absolute Gasteiger partial charge is 0.384 e. The molecule has 0 spiro atoms. The quantitative estimate of drug-likeness (QED) is 0.478. The number of hydrogen-bond acceptors (Lipinski definition) is 7. The number of hydrogen-bond donors (Lipinski definition) is 2. The Morgan fingerprint density at radius 3 is 2.61 bits per heavy atom. The van der Waals surface area contributed by atoms with Gasteiger partial charge in [0, 0.05) is 14.1 Å². The van der Waals surface area contributed by atoms with Crippen molar-refractivity contribution in [3.05, 3.63) is 56.5 Å². The molecule has 0 fully saturated rings. The minimum absolute atomic E-state index is 0.201. The van der Waals surface area contributed by atoms with E-state index in [2.05, 4.69) is 15.2 Å². The van der Waals surface area contributed by atoms with E-state index < -0.39 is 28.1 Å². The molecule has 2 heterocycles. The smallest absolute Gasteiger partial charge is 0.332 e. The maximum atomic E-state index is 13.9. The zero-order chi connectivity index (χ0) is 20.6. The molecule has 1 atom stereocenters. The first-order chi connectivity index (χ1) is 13.2. The first-order valence-corrected chi connectivity index (χ1v) is 9.04. The number of nitrogen functional groups attached to an aromatic ring is 1. The van der Waals surface area contributed by atoms with E-state index in [9.17, 15) is 18.8 Å². The van der Waals surface area contributed by atoms with Crippen molar-refractivity contribution < 1.29 is 9.18 Å². The van der Waals surface area contributed by atoms with Crippen LogP contribution in [0.4, 0.5) is 10.2 Å². The van der Waals surface area contributed by atoms with Gasteiger partial charge in [-0.05, 0) is 19.1 Å². The van der Waals surface area contributed by atoms with Crippen LogP contribution in [0, 0.1) is 5.82 Å². The van der Waals surface area contributed by atoms with Crippen molar-refractivity contribution in [3.8, 4) is 11.4 Å². The molecule has 3 rings (SSSR count). The fourth-order valence-electron chi connectivity index (χ4n) is 2.58. The first-order valence-electron chi connectivity index (χ1n) is 8.16. The fraction of sp³-hybridized carbons (Fsp3) is 0.235. The Labute approximate surface area is 162 Å². The molecule has 9 nitrogen and oxygen atoms in total. The van der Waals surface area contributed by atoms with Gasteiger partial charge in [0.15, 0.2) is 11.6 Å². The van der Waals surface area contributed by atoms with Crippen LogP contribution < -0.4 is 17.0 Å². The summed E-state index contributed by atoms with van der Waals surface area (Å²) >= 11 is 0.985. The van der Waals surface area contributed by atoms with Gasteiger partial charge in [0.05, 0.1) is 10.8 Å². The van der Waals surface area contributed by atoms with Gasteiger partial charge in [-0.3, -0.25) is 23.8 Å². The number of rotatable bonds is 5. The number of thioether (sulfide) groups is 1. The molecule has 0 saturated carbocycles. The maximum Gasteiger partial charge on any atom is 0.332 e. The van der Waals surface area contributed by atoms with Gasteiger partial charge in [0.1, 0.15) is 17.2 Å². The second-order valence-electron chi connectivity index (χ2n) is 6.04. The van der Waals surface area contributed by atoms with E-state index in [-0.39, 0.29) is 27.9 Å². The van der Waals surface area contributed by atoms with Crippen LogP contribution in [0.5, 0.6) is 0 Å². The standard InChI is InChI=1S/C17H17FN6O3S/c1-8(12(25)11-13(19)23(2)17(27)24(3)15(11)26)28-16-20-14(21-22-16)9-6-4-5-7-10(9)18/h4-8H,19H2,1-3H3,(H,20,21,22)/t8-/m1/s1. The number of halogens is 1. The minimum Gasteiger partial charge on any atom is -0.384 e. The molecule has 28 heavy (non-hydrogen) atoms. The first kappa shape index (κ1) is 19.5. The number of benzene rings is 1. The third-order valence-corrected chi connectivity index (χ3v) is 5.16. The summed E-state index contributed by atoms with van der Waals surface area (Å²) < 4.78 is 15.7. The molecule has 0 radical (unpaired) electrons. The van der Waals surface area contributed by atoms with Gasteiger partial charge in [0.25, 0.3) is 5.56 Å². The van der Waals surface area contributed by atoms with Gasteiger partial charge < -0.3 is 5.73 Å². The van der Waals surface area contributed by atoms with Crippen molar-refractivity contribution in [2.45, 2.75) is 17.3 Å². The molecule has 0 saturated heterocycles. The molecule has 3 N–H and O–H groups in total. The number of nitrogens with zero attached hydrogens (tertiary/aromatic N) is 4. The Bertz CT molecular complexity index is 1180. The van der Waals surface area contributed by atoms with Crippen LogP contribution in [-0.4, -0.2) is 35.3 Å². The fourth-order valence-corrected chi connectivity index (χ4v) is 3.36. The highest BCUT2D eigenvalue weighted by atomic mass is 32.2. The molecule has 0 bridgehead atoms. The molecule has 146 valence electrons. The Morgan fingerprint density at radius 1 is 1.25 bits per heavy atom. The van der Waals surface area contributed by atoms with Crippen molar-refractivity contribution in [2.75, 3.05) is 5.73 Å². The van der Waals surface area contributed by atoms with Gasteiger partial charge >= 0.3 is 5.69 Å². The Morgan fingerprint density at radius 2 is 1.93 bits per heavy atom. The molecular formula is C17H17FN6O3S. The second kappa shape index (κ2) is 7.43. The molecule has 11 heteroatoms. The summed E-state index contributed by atoms with van der Waals surface area (Å²) in [5, 5.41) is 6.05. The second-order valence-corrected chi connectivity index (χ2v) is 7.34. The highest BCUT2D eigenvalue weighted by Crippen LogP contribution is 2.26. The van der Waals surface area contributed by atoms with Crippen molar-refractivity contribution in [2.24, 2.45) is 14.1 Å². The lowest BCUT2D eigenvalue weighted by atomic mass is 10.1. The number of aromatic nitrogens is 5. The van der Waals surface area contributed by atoms with Crippen LogP contribution in [-0.2, 0) is 14.1 Å². The lowest BCUT2D eigenvalue weighted by molar-refractivity contribution is 0.0992. The van der Waals surface area contributed by atoms with E-state index in [1.807, 2.05) is 0 Å². The monoisotopic (exact) mass is 404 g/mol. The van der Waals surface area contributed by atoms with Crippen molar-refractivity contribution in [1.82, 2.24) is 24.3 Å². The minimum atomic E-state index is -0.767. The number of nitrogens with two attached hydrogens (primary N) is 1. The van der Waals surface area contributed by atoms with Crippen LogP contribution in [0.1, 0.15) is 17.3 Å². The van der Waals surface area contributed by atoms with E-state index >= 15 is 0 Å². The van der Waals surface area contributed by atoms with Gasteiger partial charge in [0.2, 0.25) is 5.16 Å². The number of anilines is 1.